The Hall–Kier alpha value is -0.920. The van der Waals surface area contributed by atoms with E-state index >= 15 is 0 Å². The SMILES string of the molecule is C=C/C(=C(/F)C(=C)F)C(C)(C)C. The Kier molecular flexibility index (Phi) is 3.37. The molecule has 0 aliphatic heterocycles. The molecule has 0 amide bonds. The van der Waals surface area contributed by atoms with E-state index in [1.165, 1.54) is 6.08 Å². The smallest absolute Gasteiger partial charge is 0.161 e. The zero-order valence-electron chi connectivity index (χ0n) is 7.75. The summed E-state index contributed by atoms with van der Waals surface area (Å²) in [7, 11) is 0. The van der Waals surface area contributed by atoms with Crippen molar-refractivity contribution in [1.29, 1.82) is 0 Å². The monoisotopic (exact) mass is 172 g/mol. The molecule has 2 heteroatoms. The van der Waals surface area contributed by atoms with Gasteiger partial charge in [-0.2, -0.15) is 0 Å². The summed E-state index contributed by atoms with van der Waals surface area (Å²) >= 11 is 0. The maximum absolute atomic E-state index is 13.0. The van der Waals surface area contributed by atoms with Crippen molar-refractivity contribution in [2.24, 2.45) is 5.41 Å². The molecule has 0 aromatic rings. The van der Waals surface area contributed by atoms with Gasteiger partial charge in [0.2, 0.25) is 0 Å². The summed E-state index contributed by atoms with van der Waals surface area (Å²) in [5, 5.41) is 0. The van der Waals surface area contributed by atoms with E-state index in [9.17, 15) is 8.78 Å². The van der Waals surface area contributed by atoms with E-state index in [0.29, 0.717) is 0 Å². The number of halogens is 2. The van der Waals surface area contributed by atoms with Crippen LogP contribution in [0.4, 0.5) is 8.78 Å². The molecule has 0 unspecified atom stereocenters. The second-order valence-electron chi connectivity index (χ2n) is 3.59. The fourth-order valence-corrected chi connectivity index (χ4v) is 0.871. The first-order valence-corrected chi connectivity index (χ1v) is 3.68. The lowest BCUT2D eigenvalue weighted by Crippen LogP contribution is -2.09. The first-order valence-electron chi connectivity index (χ1n) is 3.68. The van der Waals surface area contributed by atoms with Crippen LogP contribution in [0.5, 0.6) is 0 Å². The van der Waals surface area contributed by atoms with Crippen LogP contribution in [0.1, 0.15) is 20.8 Å². The van der Waals surface area contributed by atoms with E-state index in [1.54, 1.807) is 20.8 Å². The molecule has 0 rings (SSSR count). The quantitative estimate of drug-likeness (QED) is 0.554. The van der Waals surface area contributed by atoms with Crippen LogP contribution in [0.2, 0.25) is 0 Å². The standard InChI is InChI=1S/C10H14F2/c1-6-8(10(3,4)5)9(12)7(2)11/h6H,1-2H2,3-5H3/b9-8-. The van der Waals surface area contributed by atoms with Crippen molar-refractivity contribution in [3.05, 3.63) is 36.5 Å². The highest BCUT2D eigenvalue weighted by atomic mass is 19.2. The average molecular weight is 172 g/mol. The maximum atomic E-state index is 13.0. The molecule has 0 atom stereocenters. The van der Waals surface area contributed by atoms with E-state index in [1.807, 2.05) is 0 Å². The Morgan fingerprint density at radius 1 is 1.25 bits per heavy atom. The number of hydrogen-bond donors (Lipinski definition) is 0. The van der Waals surface area contributed by atoms with Gasteiger partial charge in [0.15, 0.2) is 11.7 Å². The summed E-state index contributed by atoms with van der Waals surface area (Å²) in [6, 6.07) is 0. The maximum Gasteiger partial charge on any atom is 0.161 e. The minimum absolute atomic E-state index is 0.245. The van der Waals surface area contributed by atoms with Crippen molar-refractivity contribution in [2.45, 2.75) is 20.8 Å². The lowest BCUT2D eigenvalue weighted by Gasteiger charge is -2.20. The normalized spacial score (nSPS) is 13.8. The fourth-order valence-electron chi connectivity index (χ4n) is 0.871. The van der Waals surface area contributed by atoms with Crippen molar-refractivity contribution in [2.75, 3.05) is 0 Å². The zero-order chi connectivity index (χ0) is 9.94. The number of rotatable bonds is 2. The van der Waals surface area contributed by atoms with E-state index < -0.39 is 17.1 Å². The number of hydrogen-bond acceptors (Lipinski definition) is 0. The summed E-state index contributed by atoms with van der Waals surface area (Å²) in [6.07, 6.45) is 1.32. The summed E-state index contributed by atoms with van der Waals surface area (Å²) < 4.78 is 25.4. The van der Waals surface area contributed by atoms with Gasteiger partial charge in [0, 0.05) is 0 Å². The van der Waals surface area contributed by atoms with Gasteiger partial charge in [0.25, 0.3) is 0 Å². The molecule has 0 bridgehead atoms. The lowest BCUT2D eigenvalue weighted by atomic mass is 9.86. The van der Waals surface area contributed by atoms with Crippen molar-refractivity contribution in [3.63, 3.8) is 0 Å². The highest BCUT2D eigenvalue weighted by molar-refractivity contribution is 5.33. The third-order valence-electron chi connectivity index (χ3n) is 1.49. The largest absolute Gasteiger partial charge is 0.204 e. The predicted octanol–water partition coefficient (Wildman–Crippen LogP) is 3.93. The third-order valence-corrected chi connectivity index (χ3v) is 1.49. The van der Waals surface area contributed by atoms with Crippen LogP contribution in [-0.2, 0) is 0 Å². The second kappa shape index (κ2) is 3.65. The van der Waals surface area contributed by atoms with Crippen molar-refractivity contribution in [3.8, 4) is 0 Å². The van der Waals surface area contributed by atoms with Gasteiger partial charge in [0.05, 0.1) is 0 Å². The third kappa shape index (κ3) is 2.61. The summed E-state index contributed by atoms with van der Waals surface area (Å²) in [4.78, 5) is 0. The highest BCUT2D eigenvalue weighted by Gasteiger charge is 2.20. The first-order chi connectivity index (χ1) is 5.30. The molecule has 0 radical (unpaired) electrons. The van der Waals surface area contributed by atoms with Gasteiger partial charge < -0.3 is 0 Å². The van der Waals surface area contributed by atoms with Gasteiger partial charge in [0.1, 0.15) is 0 Å². The van der Waals surface area contributed by atoms with Crippen molar-refractivity contribution in [1.82, 2.24) is 0 Å². The fraction of sp³-hybridized carbons (Fsp3) is 0.400. The molecule has 0 N–H and O–H groups in total. The van der Waals surface area contributed by atoms with Crippen LogP contribution < -0.4 is 0 Å². The van der Waals surface area contributed by atoms with Gasteiger partial charge in [-0.3, -0.25) is 0 Å². The second-order valence-corrected chi connectivity index (χ2v) is 3.59. The minimum atomic E-state index is -1.04. The first kappa shape index (κ1) is 11.1. The van der Waals surface area contributed by atoms with Crippen molar-refractivity contribution >= 4 is 0 Å². The topological polar surface area (TPSA) is 0 Å². The molecule has 0 spiro atoms. The van der Waals surface area contributed by atoms with Crippen LogP contribution in [-0.4, -0.2) is 0 Å². The van der Waals surface area contributed by atoms with Crippen LogP contribution >= 0.6 is 0 Å². The Morgan fingerprint density at radius 3 is 1.75 bits per heavy atom. The van der Waals surface area contributed by atoms with Gasteiger partial charge in [-0.15, -0.1) is 0 Å². The predicted molar refractivity (Wildman–Crippen MR) is 48.0 cm³/mol. The Balaban J connectivity index is 5.14. The zero-order valence-corrected chi connectivity index (χ0v) is 7.75. The molecule has 0 fully saturated rings. The van der Waals surface area contributed by atoms with E-state index in [-0.39, 0.29) is 5.57 Å². The molecular formula is C10H14F2. The van der Waals surface area contributed by atoms with Crippen LogP contribution in [0.15, 0.2) is 36.5 Å². The minimum Gasteiger partial charge on any atom is -0.204 e. The molecule has 0 saturated carbocycles. The Bertz CT molecular complexity index is 229. The molecule has 0 saturated heterocycles. The van der Waals surface area contributed by atoms with Crippen LogP contribution in [0, 0.1) is 5.41 Å². The average Bonchev–Trinajstić information content (AvgIpc) is 1.85. The van der Waals surface area contributed by atoms with E-state index in [4.69, 9.17) is 0 Å². The van der Waals surface area contributed by atoms with Gasteiger partial charge in [-0.05, 0) is 11.0 Å². The van der Waals surface area contributed by atoms with E-state index in [2.05, 4.69) is 13.2 Å². The van der Waals surface area contributed by atoms with Gasteiger partial charge in [-0.1, -0.05) is 40.0 Å². The summed E-state index contributed by atoms with van der Waals surface area (Å²) in [5.41, 5.74) is -0.198. The molecule has 0 aliphatic carbocycles. The Labute approximate surface area is 72.3 Å². The molecule has 0 aromatic carbocycles. The van der Waals surface area contributed by atoms with Gasteiger partial charge >= 0.3 is 0 Å². The molecule has 12 heavy (non-hydrogen) atoms. The number of allylic oxidation sites excluding steroid dienone is 4. The van der Waals surface area contributed by atoms with Crippen LogP contribution in [0.3, 0.4) is 0 Å². The summed E-state index contributed by atoms with van der Waals surface area (Å²) in [6.45, 7) is 11.7. The van der Waals surface area contributed by atoms with Crippen LogP contribution in [0.25, 0.3) is 0 Å². The Morgan fingerprint density at radius 2 is 1.67 bits per heavy atom. The highest BCUT2D eigenvalue weighted by Crippen LogP contribution is 2.32. The molecule has 68 valence electrons. The van der Waals surface area contributed by atoms with Crippen molar-refractivity contribution < 1.29 is 8.78 Å². The van der Waals surface area contributed by atoms with E-state index in [0.717, 1.165) is 0 Å². The molecular weight excluding hydrogens is 158 g/mol. The molecule has 0 aliphatic rings. The molecule has 0 aromatic heterocycles. The molecule has 0 nitrogen and oxygen atoms in total. The summed E-state index contributed by atoms with van der Waals surface area (Å²) in [5.74, 6) is -1.95. The lowest BCUT2D eigenvalue weighted by molar-refractivity contribution is 0.467. The molecule has 0 heterocycles. The van der Waals surface area contributed by atoms with Gasteiger partial charge in [-0.25, -0.2) is 8.78 Å².